The zero-order chi connectivity index (χ0) is 43.0. The van der Waals surface area contributed by atoms with Crippen molar-refractivity contribution in [3.8, 4) is 0 Å². The molecule has 0 unspecified atom stereocenters. The summed E-state index contributed by atoms with van der Waals surface area (Å²) < 4.78 is 69.3. The molecule has 6 aromatic rings. The lowest BCUT2D eigenvalue weighted by Crippen LogP contribution is -2.61. The first kappa shape index (κ1) is 44.9. The summed E-state index contributed by atoms with van der Waals surface area (Å²) in [5, 5.41) is 3.66. The first-order valence-corrected chi connectivity index (χ1v) is 22.8. The van der Waals surface area contributed by atoms with E-state index in [1.54, 1.807) is 36.5 Å². The summed E-state index contributed by atoms with van der Waals surface area (Å²) in [5.41, 5.74) is 4.38. The molecule has 1 N–H and O–H groups in total. The van der Waals surface area contributed by atoms with Crippen LogP contribution >= 0.6 is 0 Å². The van der Waals surface area contributed by atoms with Gasteiger partial charge in [-0.3, -0.25) is 4.79 Å². The van der Waals surface area contributed by atoms with E-state index in [4.69, 9.17) is 28.4 Å². The van der Waals surface area contributed by atoms with Crippen LogP contribution in [-0.2, 0) is 69.5 Å². The van der Waals surface area contributed by atoms with Gasteiger partial charge in [0.15, 0.2) is 6.29 Å². The van der Waals surface area contributed by atoms with E-state index in [0.717, 1.165) is 46.9 Å². The van der Waals surface area contributed by atoms with Crippen molar-refractivity contribution in [2.45, 2.75) is 88.0 Å². The van der Waals surface area contributed by atoms with Crippen LogP contribution < -0.4 is 5.32 Å². The van der Waals surface area contributed by atoms with Gasteiger partial charge >= 0.3 is 0 Å². The van der Waals surface area contributed by atoms with Crippen molar-refractivity contribution in [2.24, 2.45) is 0 Å². The summed E-state index contributed by atoms with van der Waals surface area (Å²) in [6, 6.07) is 45.8. The maximum atomic E-state index is 13.9. The van der Waals surface area contributed by atoms with E-state index in [2.05, 4.69) is 5.32 Å². The number of unbranched alkanes of at least 4 members (excludes halogenated alkanes) is 2. The summed E-state index contributed by atoms with van der Waals surface area (Å²) in [7, 11) is -3.86. The van der Waals surface area contributed by atoms with Gasteiger partial charge in [0, 0.05) is 31.7 Å². The topological polar surface area (TPSA) is 124 Å². The van der Waals surface area contributed by atoms with Crippen LogP contribution in [0.4, 0.5) is 0 Å². The number of benzene rings is 5. The molecular weight excluding hydrogens is 805 g/mol. The average molecular weight is 861 g/mol. The van der Waals surface area contributed by atoms with Crippen molar-refractivity contribution < 1.29 is 41.6 Å². The third kappa shape index (κ3) is 12.3. The van der Waals surface area contributed by atoms with Gasteiger partial charge < -0.3 is 33.7 Å². The van der Waals surface area contributed by atoms with Crippen LogP contribution in [0.2, 0.25) is 0 Å². The molecule has 0 aliphatic carbocycles. The van der Waals surface area contributed by atoms with E-state index >= 15 is 0 Å². The van der Waals surface area contributed by atoms with E-state index in [1.165, 1.54) is 10.9 Å². The SMILES string of the molecule is CC(=O)NCCCCCOC[C@H]1O[C@H](OCCc2cn(S(=O)(=O)c3ccccc3)c3ccccc23)[C@H](OCc2ccccc2)[C@@H](OCc2ccccc2)[C@@H]1OCc1ccccc1. The monoisotopic (exact) mass is 860 g/mol. The van der Waals surface area contributed by atoms with Crippen molar-refractivity contribution >= 4 is 26.8 Å². The van der Waals surface area contributed by atoms with Gasteiger partial charge in [0.05, 0.1) is 43.4 Å². The Labute approximate surface area is 364 Å². The Balaban J connectivity index is 1.15. The number of amides is 1. The molecule has 1 amide bonds. The Morgan fingerprint density at radius 2 is 1.18 bits per heavy atom. The minimum absolute atomic E-state index is 0.0353. The summed E-state index contributed by atoms with van der Waals surface area (Å²) in [6.07, 6.45) is 1.16. The molecule has 11 nitrogen and oxygen atoms in total. The van der Waals surface area contributed by atoms with Crippen molar-refractivity contribution in [3.05, 3.63) is 174 Å². The number of carbonyl (C=O) groups excluding carboxylic acids is 1. The van der Waals surface area contributed by atoms with Crippen molar-refractivity contribution in [1.29, 1.82) is 0 Å². The molecule has 0 radical (unpaired) electrons. The minimum Gasteiger partial charge on any atom is -0.379 e. The molecule has 1 aromatic heterocycles. The van der Waals surface area contributed by atoms with Gasteiger partial charge in [0.2, 0.25) is 5.91 Å². The molecule has 1 saturated heterocycles. The second-order valence-electron chi connectivity index (χ2n) is 15.4. The van der Waals surface area contributed by atoms with Gasteiger partial charge in [-0.15, -0.1) is 0 Å². The second kappa shape index (κ2) is 22.8. The number of fused-ring (bicyclic) bond motifs is 1. The van der Waals surface area contributed by atoms with Crippen LogP contribution in [0.1, 0.15) is 48.4 Å². The number of nitrogens with one attached hydrogen (secondary N) is 1. The number of aromatic nitrogens is 1. The molecular formula is C50H56N2O9S. The van der Waals surface area contributed by atoms with Crippen molar-refractivity contribution in [2.75, 3.05) is 26.4 Å². The van der Waals surface area contributed by atoms with Gasteiger partial charge in [-0.1, -0.05) is 127 Å². The van der Waals surface area contributed by atoms with Gasteiger partial charge in [-0.25, -0.2) is 12.4 Å². The number of carbonyl (C=O) groups is 1. The fraction of sp³-hybridized carbons (Fsp3) is 0.340. The van der Waals surface area contributed by atoms with Crippen LogP contribution in [0.15, 0.2) is 157 Å². The summed E-state index contributed by atoms with van der Waals surface area (Å²) in [6.45, 7) is 3.94. The fourth-order valence-electron chi connectivity index (χ4n) is 7.59. The van der Waals surface area contributed by atoms with E-state index < -0.39 is 40.7 Å². The standard InChI is InChI=1S/C50H56N2O9S/c1-38(53)51-30-17-6-18-31-56-37-46-47(58-34-39-19-7-2-8-20-39)48(59-35-40-21-9-3-10-22-40)49(60-36-41-23-11-4-12-24-41)50(61-46)57-32-29-42-33-52(45-28-16-15-27-44(42)45)62(54,55)43-25-13-5-14-26-43/h2-5,7-16,19-28,33,46-50H,6,17-18,29-32,34-37H2,1H3,(H,51,53)/t46-,47-,48+,49-,50+/m1/s1. The highest BCUT2D eigenvalue weighted by atomic mass is 32.2. The van der Waals surface area contributed by atoms with E-state index in [0.29, 0.717) is 38.3 Å². The Morgan fingerprint density at radius 1 is 0.629 bits per heavy atom. The number of hydrogen-bond acceptors (Lipinski definition) is 9. The lowest BCUT2D eigenvalue weighted by atomic mass is 9.97. The third-order valence-electron chi connectivity index (χ3n) is 10.8. The Hall–Kier alpha value is -5.18. The van der Waals surface area contributed by atoms with Crippen LogP contribution in [0.3, 0.4) is 0 Å². The highest BCUT2D eigenvalue weighted by Crippen LogP contribution is 2.33. The molecule has 7 rings (SSSR count). The summed E-state index contributed by atoms with van der Waals surface area (Å²) in [4.78, 5) is 11.5. The summed E-state index contributed by atoms with van der Waals surface area (Å²) in [5.74, 6) is -0.0353. The molecule has 326 valence electrons. The van der Waals surface area contributed by atoms with E-state index in [9.17, 15) is 13.2 Å². The second-order valence-corrected chi connectivity index (χ2v) is 17.2. The molecule has 0 saturated carbocycles. The van der Waals surface area contributed by atoms with Gasteiger partial charge in [0.25, 0.3) is 10.0 Å². The molecule has 2 heterocycles. The maximum absolute atomic E-state index is 13.9. The smallest absolute Gasteiger partial charge is 0.268 e. The highest BCUT2D eigenvalue weighted by Gasteiger charge is 2.49. The van der Waals surface area contributed by atoms with Crippen LogP contribution in [0, 0.1) is 0 Å². The Morgan fingerprint density at radius 3 is 1.79 bits per heavy atom. The number of rotatable bonds is 23. The molecule has 5 atom stereocenters. The number of ether oxygens (including phenoxy) is 6. The van der Waals surface area contributed by atoms with Crippen molar-refractivity contribution in [3.63, 3.8) is 0 Å². The van der Waals surface area contributed by atoms with E-state index in [-0.39, 0.29) is 30.6 Å². The van der Waals surface area contributed by atoms with Crippen LogP contribution in [0.5, 0.6) is 0 Å². The first-order valence-electron chi connectivity index (χ1n) is 21.3. The number of hydrogen-bond donors (Lipinski definition) is 1. The Bertz CT molecular complexity index is 2360. The predicted molar refractivity (Wildman–Crippen MR) is 238 cm³/mol. The fourth-order valence-corrected chi connectivity index (χ4v) is 9.00. The van der Waals surface area contributed by atoms with Crippen molar-refractivity contribution in [1.82, 2.24) is 9.29 Å². The molecule has 1 aliphatic heterocycles. The zero-order valence-electron chi connectivity index (χ0n) is 35.1. The molecule has 12 heteroatoms. The lowest BCUT2D eigenvalue weighted by Gasteiger charge is -2.46. The quantitative estimate of drug-likeness (QED) is 0.0635. The first-order chi connectivity index (χ1) is 30.4. The highest BCUT2D eigenvalue weighted by molar-refractivity contribution is 7.90. The Kier molecular flexibility index (Phi) is 16.5. The zero-order valence-corrected chi connectivity index (χ0v) is 35.9. The maximum Gasteiger partial charge on any atom is 0.268 e. The normalized spacial score (nSPS) is 19.1. The van der Waals surface area contributed by atoms with Crippen LogP contribution in [0.25, 0.3) is 10.9 Å². The predicted octanol–water partition coefficient (Wildman–Crippen LogP) is 8.24. The number of para-hydroxylation sites is 1. The van der Waals surface area contributed by atoms with Gasteiger partial charge in [0.1, 0.15) is 24.4 Å². The lowest BCUT2D eigenvalue weighted by molar-refractivity contribution is -0.328. The molecule has 1 fully saturated rings. The third-order valence-corrected chi connectivity index (χ3v) is 12.5. The molecule has 1 aliphatic rings. The van der Waals surface area contributed by atoms with Gasteiger partial charge in [-0.05, 0) is 66.1 Å². The number of nitrogens with zero attached hydrogens (tertiary/aromatic N) is 1. The minimum atomic E-state index is -3.86. The molecule has 5 aromatic carbocycles. The molecule has 0 bridgehead atoms. The van der Waals surface area contributed by atoms with Gasteiger partial charge in [-0.2, -0.15) is 0 Å². The van der Waals surface area contributed by atoms with E-state index in [1.807, 2.05) is 115 Å². The molecule has 62 heavy (non-hydrogen) atoms. The molecule has 0 spiro atoms. The summed E-state index contributed by atoms with van der Waals surface area (Å²) >= 11 is 0. The van der Waals surface area contributed by atoms with Crippen LogP contribution in [-0.4, -0.2) is 75.4 Å². The largest absolute Gasteiger partial charge is 0.379 e. The average Bonchev–Trinajstić information content (AvgIpc) is 3.69.